The fraction of sp³-hybridized carbons (Fsp3) is 1.00. The molecular weight excluding hydrogens is 142 g/mol. The predicted octanol–water partition coefficient (Wildman–Crippen LogP) is -0.00670. The van der Waals surface area contributed by atoms with E-state index >= 15 is 0 Å². The summed E-state index contributed by atoms with van der Waals surface area (Å²) in [6, 6.07) is 0.398. The van der Waals surface area contributed by atoms with Gasteiger partial charge in [0.2, 0.25) is 0 Å². The van der Waals surface area contributed by atoms with Crippen LogP contribution in [0.4, 0.5) is 0 Å². The Morgan fingerprint density at radius 1 is 1.64 bits per heavy atom. The second kappa shape index (κ2) is 3.52. The van der Waals surface area contributed by atoms with Gasteiger partial charge in [-0.1, -0.05) is 13.8 Å². The maximum absolute atomic E-state index is 8.59. The van der Waals surface area contributed by atoms with E-state index < -0.39 is 0 Å². The van der Waals surface area contributed by atoms with E-state index in [9.17, 15) is 0 Å². The van der Waals surface area contributed by atoms with Gasteiger partial charge in [0.15, 0.2) is 0 Å². The summed E-state index contributed by atoms with van der Waals surface area (Å²) in [4.78, 5) is 0. The van der Waals surface area contributed by atoms with Gasteiger partial charge in [0.25, 0.3) is 0 Å². The number of nitrogens with one attached hydrogen (secondary N) is 1. The van der Waals surface area contributed by atoms with Crippen LogP contribution < -0.4 is 5.32 Å². The maximum atomic E-state index is 8.59. The van der Waals surface area contributed by atoms with E-state index in [0.29, 0.717) is 12.6 Å². The molecule has 0 aromatic heterocycles. The lowest BCUT2D eigenvalue weighted by Gasteiger charge is -2.25. The van der Waals surface area contributed by atoms with E-state index in [1.54, 1.807) is 0 Å². The van der Waals surface area contributed by atoms with Crippen molar-refractivity contribution in [3.8, 4) is 0 Å². The summed E-state index contributed by atoms with van der Waals surface area (Å²) in [5.74, 6) is 0. The van der Waals surface area contributed by atoms with Crippen LogP contribution in [0.25, 0.3) is 0 Å². The van der Waals surface area contributed by atoms with Crippen molar-refractivity contribution >= 4 is 0 Å². The molecule has 0 spiro atoms. The first kappa shape index (κ1) is 8.97. The highest BCUT2D eigenvalue weighted by atomic mass is 16.5. The zero-order valence-electron chi connectivity index (χ0n) is 7.26. The van der Waals surface area contributed by atoms with E-state index in [0.717, 1.165) is 13.2 Å². The van der Waals surface area contributed by atoms with Crippen molar-refractivity contribution in [3.63, 3.8) is 0 Å². The summed E-state index contributed by atoms with van der Waals surface area (Å²) in [5, 5.41) is 11.8. The molecule has 2 N–H and O–H groups in total. The summed E-state index contributed by atoms with van der Waals surface area (Å²) in [7, 11) is 0. The summed E-state index contributed by atoms with van der Waals surface area (Å²) in [6.07, 6.45) is 0. The van der Waals surface area contributed by atoms with Crippen LogP contribution in [-0.2, 0) is 4.74 Å². The third-order valence-corrected chi connectivity index (χ3v) is 2.20. The van der Waals surface area contributed by atoms with Gasteiger partial charge in [-0.3, -0.25) is 0 Å². The van der Waals surface area contributed by atoms with Gasteiger partial charge < -0.3 is 15.2 Å². The summed E-state index contributed by atoms with van der Waals surface area (Å²) in [5.41, 5.74) is 0.217. The monoisotopic (exact) mass is 159 g/mol. The number of hydrogen-bond acceptors (Lipinski definition) is 3. The Bertz CT molecular complexity index is 125. The number of rotatable bonds is 3. The van der Waals surface area contributed by atoms with Crippen LogP contribution in [0.15, 0.2) is 0 Å². The first-order valence-electron chi connectivity index (χ1n) is 4.09. The molecule has 0 aliphatic carbocycles. The second-order valence-electron chi connectivity index (χ2n) is 3.73. The van der Waals surface area contributed by atoms with Gasteiger partial charge in [-0.25, -0.2) is 0 Å². The average Bonchev–Trinajstić information content (AvgIpc) is 2.25. The molecule has 1 heterocycles. The number of aliphatic hydroxyl groups excluding tert-OH is 1. The molecule has 0 aromatic carbocycles. The van der Waals surface area contributed by atoms with Crippen molar-refractivity contribution in [1.29, 1.82) is 0 Å². The van der Waals surface area contributed by atoms with Crippen LogP contribution in [0, 0.1) is 5.41 Å². The highest BCUT2D eigenvalue weighted by molar-refractivity contribution is 4.88. The first-order chi connectivity index (χ1) is 5.17. The van der Waals surface area contributed by atoms with E-state index in [1.807, 2.05) is 0 Å². The lowest BCUT2D eigenvalue weighted by Crippen LogP contribution is -2.42. The zero-order chi connectivity index (χ0) is 8.32. The predicted molar refractivity (Wildman–Crippen MR) is 43.5 cm³/mol. The highest BCUT2D eigenvalue weighted by Crippen LogP contribution is 2.26. The minimum Gasteiger partial charge on any atom is -0.395 e. The van der Waals surface area contributed by atoms with Gasteiger partial charge in [-0.15, -0.1) is 0 Å². The van der Waals surface area contributed by atoms with Gasteiger partial charge >= 0.3 is 0 Å². The van der Waals surface area contributed by atoms with Gasteiger partial charge in [0.1, 0.15) is 0 Å². The minimum atomic E-state index is 0.201. The van der Waals surface area contributed by atoms with Gasteiger partial charge in [-0.2, -0.15) is 0 Å². The Morgan fingerprint density at radius 2 is 2.36 bits per heavy atom. The molecule has 1 rings (SSSR count). The average molecular weight is 159 g/mol. The van der Waals surface area contributed by atoms with Crippen LogP contribution in [0.3, 0.4) is 0 Å². The molecule has 11 heavy (non-hydrogen) atoms. The van der Waals surface area contributed by atoms with Crippen molar-refractivity contribution < 1.29 is 9.84 Å². The fourth-order valence-corrected chi connectivity index (χ4v) is 1.34. The molecule has 1 unspecified atom stereocenters. The van der Waals surface area contributed by atoms with Gasteiger partial charge in [-0.05, 0) is 0 Å². The Balaban J connectivity index is 2.32. The third kappa shape index (κ3) is 2.15. The van der Waals surface area contributed by atoms with Crippen LogP contribution in [0.2, 0.25) is 0 Å². The van der Waals surface area contributed by atoms with Crippen molar-refractivity contribution in [1.82, 2.24) is 5.32 Å². The molecule has 0 amide bonds. The van der Waals surface area contributed by atoms with Crippen LogP contribution in [0.1, 0.15) is 13.8 Å². The number of aliphatic hydroxyl groups is 1. The molecule has 0 aromatic rings. The van der Waals surface area contributed by atoms with Gasteiger partial charge in [0, 0.05) is 18.0 Å². The Kier molecular flexibility index (Phi) is 2.87. The molecule has 1 fully saturated rings. The second-order valence-corrected chi connectivity index (χ2v) is 3.73. The van der Waals surface area contributed by atoms with Crippen LogP contribution >= 0.6 is 0 Å². The zero-order valence-corrected chi connectivity index (χ0v) is 7.26. The summed E-state index contributed by atoms with van der Waals surface area (Å²) in [6.45, 7) is 6.80. The van der Waals surface area contributed by atoms with Crippen molar-refractivity contribution in [2.75, 3.05) is 26.4 Å². The highest BCUT2D eigenvalue weighted by Gasteiger charge is 2.34. The van der Waals surface area contributed by atoms with Gasteiger partial charge in [0.05, 0.1) is 19.8 Å². The van der Waals surface area contributed by atoms with Crippen LogP contribution in [0.5, 0.6) is 0 Å². The van der Waals surface area contributed by atoms with E-state index in [1.165, 1.54) is 0 Å². The summed E-state index contributed by atoms with van der Waals surface area (Å²) >= 11 is 0. The fourth-order valence-electron chi connectivity index (χ4n) is 1.34. The van der Waals surface area contributed by atoms with E-state index in [4.69, 9.17) is 9.84 Å². The standard InChI is InChI=1S/C8H17NO2/c1-8(2)6-11-5-7(8)9-3-4-10/h7,9-10H,3-6H2,1-2H3. The Morgan fingerprint density at radius 3 is 2.82 bits per heavy atom. The Labute approximate surface area is 67.7 Å². The molecule has 1 aliphatic heterocycles. The van der Waals surface area contributed by atoms with Crippen molar-refractivity contribution in [2.45, 2.75) is 19.9 Å². The molecular formula is C8H17NO2. The maximum Gasteiger partial charge on any atom is 0.0626 e. The smallest absolute Gasteiger partial charge is 0.0626 e. The third-order valence-electron chi connectivity index (χ3n) is 2.20. The Hall–Kier alpha value is -0.120. The molecule has 1 atom stereocenters. The van der Waals surface area contributed by atoms with Crippen molar-refractivity contribution in [3.05, 3.63) is 0 Å². The molecule has 3 heteroatoms. The lowest BCUT2D eigenvalue weighted by molar-refractivity contribution is 0.166. The normalized spacial score (nSPS) is 29.2. The van der Waals surface area contributed by atoms with E-state index in [2.05, 4.69) is 19.2 Å². The largest absolute Gasteiger partial charge is 0.395 e. The molecule has 3 nitrogen and oxygen atoms in total. The van der Waals surface area contributed by atoms with E-state index in [-0.39, 0.29) is 12.0 Å². The SMILES string of the molecule is CC1(C)COCC1NCCO. The first-order valence-corrected chi connectivity index (χ1v) is 4.09. The molecule has 0 radical (unpaired) electrons. The molecule has 1 saturated heterocycles. The topological polar surface area (TPSA) is 41.5 Å². The molecule has 0 bridgehead atoms. The quantitative estimate of drug-likeness (QED) is 0.608. The summed E-state index contributed by atoms with van der Waals surface area (Å²) < 4.78 is 5.33. The minimum absolute atomic E-state index is 0.201. The van der Waals surface area contributed by atoms with Crippen molar-refractivity contribution in [2.24, 2.45) is 5.41 Å². The molecule has 0 saturated carbocycles. The number of hydrogen-bond donors (Lipinski definition) is 2. The molecule has 66 valence electrons. The lowest BCUT2D eigenvalue weighted by atomic mass is 9.88. The number of ether oxygens (including phenoxy) is 1. The van der Waals surface area contributed by atoms with Crippen LogP contribution in [-0.4, -0.2) is 37.5 Å². The molecule has 1 aliphatic rings.